The van der Waals surface area contributed by atoms with Crippen LogP contribution < -0.4 is 14.7 Å². The van der Waals surface area contributed by atoms with E-state index in [1.807, 2.05) is 42.2 Å². The SMILES string of the molecule is CC(=O)c1ccc(-c2cccc(N(CC(=O)OC(C)(C)C)C(=O)c3c(F)cc(F)cc3F)c2)cc1.CC(C)(C)OC(=O)CN(C(=O)c1c(F)cc(F)cc1F)c1cccc(-c2ccc(C(=O)N3CCCCC3)cc2)c1.Cc1ccc(-c2cccc(N(CC(=O)OC(C)(C)C)C(=O)c3c(F)cc(F)cc3F)c2)cc1. The monoisotopic (exact) mass is 1490 g/mol. The highest BCUT2D eigenvalue weighted by atomic mass is 19.2. The van der Waals surface area contributed by atoms with Crippen LogP contribution in [0.2, 0.25) is 0 Å². The third kappa shape index (κ3) is 22.4. The van der Waals surface area contributed by atoms with E-state index in [-0.39, 0.29) is 28.8 Å². The predicted octanol–water partition coefficient (Wildman–Crippen LogP) is 18.4. The molecule has 0 unspecified atom stereocenters. The van der Waals surface area contributed by atoms with Crippen molar-refractivity contribution in [3.8, 4) is 33.4 Å². The Labute approximate surface area is 619 Å². The number of hydrogen-bond donors (Lipinski definition) is 0. The summed E-state index contributed by atoms with van der Waals surface area (Å²) in [5, 5.41) is 0. The largest absolute Gasteiger partial charge is 0.459 e. The van der Waals surface area contributed by atoms with Gasteiger partial charge in [0.1, 0.15) is 105 Å². The number of ketones is 1. The van der Waals surface area contributed by atoms with Crippen LogP contribution in [-0.2, 0) is 28.6 Å². The molecule has 1 saturated heterocycles. The molecule has 9 aromatic rings. The topological polar surface area (TPSA) is 177 Å². The van der Waals surface area contributed by atoms with Gasteiger partial charge in [-0.1, -0.05) is 103 Å². The fourth-order valence-electron chi connectivity index (χ4n) is 11.3. The maximum atomic E-state index is 14.6. The molecular formula is C84H79F9N4O11. The molecule has 0 N–H and O–H groups in total. The van der Waals surface area contributed by atoms with Gasteiger partial charge in [-0.3, -0.25) is 53.1 Å². The molecule has 0 aromatic heterocycles. The van der Waals surface area contributed by atoms with Gasteiger partial charge in [0.2, 0.25) is 0 Å². The van der Waals surface area contributed by atoms with Gasteiger partial charge in [0, 0.05) is 77.7 Å². The quantitative estimate of drug-likeness (QED) is 0.0367. The number of esters is 3. The number of nitrogens with zero attached hydrogens (tertiary/aromatic N) is 4. The predicted molar refractivity (Wildman–Crippen MR) is 392 cm³/mol. The second-order valence-corrected chi connectivity index (χ2v) is 28.2. The van der Waals surface area contributed by atoms with Crippen LogP contribution in [0.4, 0.5) is 56.6 Å². The maximum Gasteiger partial charge on any atom is 0.326 e. The van der Waals surface area contributed by atoms with Crippen LogP contribution in [0.3, 0.4) is 0 Å². The summed E-state index contributed by atoms with van der Waals surface area (Å²) in [5.41, 5.74) is 1.49. The standard InChI is InChI=1S/C31H31F3N2O4.C27H24F3NO4.C26H24F3NO3/c1-31(2,3)40-27(37)19-36(30(39)28-25(33)17-23(32)18-26(28)34)24-9-7-8-22(16-24)20-10-12-21(13-11-20)29(38)35-14-5-4-6-15-35;1-16(32)17-8-10-18(11-9-17)19-6-5-7-21(12-19)31(15-24(33)35-27(2,3)4)26(34)25-22(29)13-20(28)14-23(25)30;1-16-8-10-17(11-9-16)18-6-5-7-20(12-18)30(15-23(31)33-26(2,3)4)25(32)24-21(28)13-19(27)14-22(24)29/h7-13,16-18H,4-6,14-15,19H2,1-3H3;5-14H,15H2,1-4H3;5-14H,15H2,1-4H3. The lowest BCUT2D eigenvalue weighted by Crippen LogP contribution is -2.39. The number of Topliss-reactive ketones (excluding diaryl/α,β-unsaturated/α-hetero) is 1. The highest BCUT2D eigenvalue weighted by Gasteiger charge is 2.34. The third-order valence-electron chi connectivity index (χ3n) is 16.1. The molecule has 564 valence electrons. The highest BCUT2D eigenvalue weighted by molar-refractivity contribution is 6.11. The van der Waals surface area contributed by atoms with Crippen LogP contribution in [0.5, 0.6) is 0 Å². The van der Waals surface area contributed by atoms with Crippen LogP contribution in [0.25, 0.3) is 33.4 Å². The molecule has 0 atom stereocenters. The Kier molecular flexibility index (Phi) is 26.7. The minimum Gasteiger partial charge on any atom is -0.459 e. The second kappa shape index (κ2) is 35.1. The van der Waals surface area contributed by atoms with Gasteiger partial charge < -0.3 is 19.1 Å². The molecule has 0 radical (unpaired) electrons. The Bertz CT molecular complexity index is 4760. The number of benzene rings is 9. The van der Waals surface area contributed by atoms with E-state index in [9.17, 15) is 77.9 Å². The minimum atomic E-state index is -1.39. The van der Waals surface area contributed by atoms with Gasteiger partial charge >= 0.3 is 17.9 Å². The first kappa shape index (κ1) is 82.0. The number of likely N-dealkylation sites (tertiary alicyclic amines) is 1. The molecule has 0 bridgehead atoms. The lowest BCUT2D eigenvalue weighted by molar-refractivity contribution is -0.154. The summed E-state index contributed by atoms with van der Waals surface area (Å²) < 4.78 is 143. The molecule has 1 aliphatic heterocycles. The molecule has 4 amide bonds. The number of carbonyl (C=O) groups is 8. The van der Waals surface area contributed by atoms with Gasteiger partial charge in [0.25, 0.3) is 23.6 Å². The molecule has 0 spiro atoms. The van der Waals surface area contributed by atoms with Crippen LogP contribution in [0, 0.1) is 59.3 Å². The number of amides is 4. The van der Waals surface area contributed by atoms with Crippen molar-refractivity contribution in [3.05, 3.63) is 268 Å². The lowest BCUT2D eigenvalue weighted by Gasteiger charge is -2.27. The number of halogens is 9. The average molecular weight is 1490 g/mol. The summed E-state index contributed by atoms with van der Waals surface area (Å²) in [7, 11) is 0. The second-order valence-electron chi connectivity index (χ2n) is 28.2. The Morgan fingerprint density at radius 2 is 0.620 bits per heavy atom. The van der Waals surface area contributed by atoms with E-state index < -0.39 is 141 Å². The summed E-state index contributed by atoms with van der Waals surface area (Å²) >= 11 is 0. The van der Waals surface area contributed by atoms with Gasteiger partial charge in [-0.05, 0) is 177 Å². The molecule has 1 fully saturated rings. The van der Waals surface area contributed by atoms with Gasteiger partial charge in [-0.2, -0.15) is 0 Å². The van der Waals surface area contributed by atoms with Crippen molar-refractivity contribution in [3.63, 3.8) is 0 Å². The molecule has 108 heavy (non-hydrogen) atoms. The van der Waals surface area contributed by atoms with Crippen LogP contribution in [0.15, 0.2) is 182 Å². The number of anilines is 3. The zero-order chi connectivity index (χ0) is 79.3. The van der Waals surface area contributed by atoms with Crippen molar-refractivity contribution in [2.24, 2.45) is 0 Å². The van der Waals surface area contributed by atoms with E-state index in [2.05, 4.69) is 0 Å². The minimum absolute atomic E-state index is 0.0301. The van der Waals surface area contributed by atoms with Crippen molar-refractivity contribution in [1.82, 2.24) is 4.90 Å². The molecule has 1 heterocycles. The smallest absolute Gasteiger partial charge is 0.326 e. The Morgan fingerprint density at radius 3 is 0.889 bits per heavy atom. The fraction of sp³-hybridized carbons (Fsp3) is 0.262. The van der Waals surface area contributed by atoms with Crippen molar-refractivity contribution in [2.75, 3.05) is 47.4 Å². The van der Waals surface area contributed by atoms with E-state index in [1.54, 1.807) is 165 Å². The third-order valence-corrected chi connectivity index (χ3v) is 16.1. The van der Waals surface area contributed by atoms with Crippen LogP contribution >= 0.6 is 0 Å². The first-order valence-corrected chi connectivity index (χ1v) is 34.2. The Balaban J connectivity index is 0.000000205. The highest BCUT2D eigenvalue weighted by Crippen LogP contribution is 2.33. The summed E-state index contributed by atoms with van der Waals surface area (Å²) in [6, 6.07) is 43.4. The normalized spacial score (nSPS) is 12.1. The van der Waals surface area contributed by atoms with E-state index >= 15 is 0 Å². The zero-order valence-electron chi connectivity index (χ0n) is 61.2. The summed E-state index contributed by atoms with van der Waals surface area (Å²) in [4.78, 5) is 107. The van der Waals surface area contributed by atoms with Gasteiger partial charge in [-0.25, -0.2) is 39.5 Å². The number of piperidine rings is 1. The van der Waals surface area contributed by atoms with E-state index in [0.29, 0.717) is 64.2 Å². The Hall–Kier alpha value is -11.7. The first-order valence-electron chi connectivity index (χ1n) is 34.2. The van der Waals surface area contributed by atoms with Crippen molar-refractivity contribution in [1.29, 1.82) is 0 Å². The Morgan fingerprint density at radius 1 is 0.352 bits per heavy atom. The zero-order valence-corrected chi connectivity index (χ0v) is 61.2. The molecule has 24 heteroatoms. The number of hydrogen-bond acceptors (Lipinski definition) is 11. The lowest BCUT2D eigenvalue weighted by atomic mass is 10.0. The van der Waals surface area contributed by atoms with Crippen LogP contribution in [-0.4, -0.2) is 102 Å². The average Bonchev–Trinajstić information content (AvgIpc) is 0.804. The summed E-state index contributed by atoms with van der Waals surface area (Å²) in [6.45, 7) is 17.9. The molecule has 9 aromatic carbocycles. The van der Waals surface area contributed by atoms with Crippen molar-refractivity contribution < 1.29 is 92.1 Å². The molecule has 15 nitrogen and oxygen atoms in total. The van der Waals surface area contributed by atoms with Crippen molar-refractivity contribution >= 4 is 64.4 Å². The van der Waals surface area contributed by atoms with E-state index in [4.69, 9.17) is 14.2 Å². The molecule has 0 aliphatic carbocycles. The molecule has 0 saturated carbocycles. The summed E-state index contributed by atoms with van der Waals surface area (Å²) in [6.07, 6.45) is 3.09. The number of rotatable bonds is 17. The van der Waals surface area contributed by atoms with Gasteiger partial charge in [-0.15, -0.1) is 0 Å². The fourth-order valence-corrected chi connectivity index (χ4v) is 11.3. The summed E-state index contributed by atoms with van der Waals surface area (Å²) in [5.74, 6) is -17.7. The number of ether oxygens (including phenoxy) is 3. The van der Waals surface area contributed by atoms with E-state index in [1.165, 1.54) is 19.1 Å². The maximum absolute atomic E-state index is 14.6. The van der Waals surface area contributed by atoms with Gasteiger partial charge in [0.15, 0.2) is 5.78 Å². The van der Waals surface area contributed by atoms with Gasteiger partial charge in [0.05, 0.1) is 0 Å². The molecule has 1 aliphatic rings. The van der Waals surface area contributed by atoms with E-state index in [0.717, 1.165) is 69.3 Å². The number of carbonyl (C=O) groups excluding carboxylic acids is 8. The molecular weight excluding hydrogens is 1410 g/mol. The first-order chi connectivity index (χ1) is 50.7. The van der Waals surface area contributed by atoms with Crippen molar-refractivity contribution in [2.45, 2.75) is 112 Å². The molecule has 10 rings (SSSR count). The van der Waals surface area contributed by atoms with Crippen LogP contribution in [0.1, 0.15) is 146 Å². The number of aryl methyl sites for hydroxylation is 1.